The van der Waals surface area contributed by atoms with Gasteiger partial charge in [-0.25, -0.2) is 15.0 Å². The molecule has 4 aromatic rings. The van der Waals surface area contributed by atoms with Gasteiger partial charge in [-0.05, 0) is 43.0 Å². The molecule has 0 saturated carbocycles. The maximum atomic E-state index is 13.8. The average molecular weight is 726 g/mol. The Bertz CT molecular complexity index is 1750. The number of piperidine rings is 1. The normalized spacial score (nSPS) is 19.0. The Balaban J connectivity index is 1.38. The molecular weight excluding hydrogens is 692 g/mol. The fraction of sp³-hybridized carbons (Fsp3) is 0.469. The molecule has 268 valence electrons. The lowest BCUT2D eigenvalue weighted by atomic mass is 10.0. The topological polar surface area (TPSA) is 109 Å². The van der Waals surface area contributed by atoms with Crippen molar-refractivity contribution in [1.29, 1.82) is 0 Å². The van der Waals surface area contributed by atoms with Gasteiger partial charge in [-0.3, -0.25) is 4.68 Å². The van der Waals surface area contributed by atoms with E-state index in [9.17, 15) is 31.4 Å². The molecule has 11 nitrogen and oxygen atoms in total. The van der Waals surface area contributed by atoms with Crippen LogP contribution in [-0.2, 0) is 30.7 Å². The number of aliphatic hydroxyl groups excluding tert-OH is 1. The van der Waals surface area contributed by atoms with Crippen molar-refractivity contribution < 1.29 is 36.2 Å². The summed E-state index contributed by atoms with van der Waals surface area (Å²) in [6.07, 6.45) is -1.03. The number of methoxy groups -OCH3 is 1. The van der Waals surface area contributed by atoms with E-state index in [1.165, 1.54) is 25.7 Å². The van der Waals surface area contributed by atoms with E-state index in [1.807, 2.05) is 9.80 Å². The third-order valence-corrected chi connectivity index (χ3v) is 9.12. The number of anilines is 3. The van der Waals surface area contributed by atoms with Crippen LogP contribution in [0, 0.1) is 0 Å². The van der Waals surface area contributed by atoms with E-state index in [-0.39, 0.29) is 48.3 Å². The Kier molecular flexibility index (Phi) is 10.1. The highest BCUT2D eigenvalue weighted by atomic mass is 35.5. The number of hydrogen-bond donors (Lipinski definition) is 1. The lowest BCUT2D eigenvalue weighted by Crippen LogP contribution is -2.39. The molecule has 50 heavy (non-hydrogen) atoms. The van der Waals surface area contributed by atoms with Gasteiger partial charge >= 0.3 is 12.4 Å². The zero-order valence-corrected chi connectivity index (χ0v) is 27.8. The highest BCUT2D eigenvalue weighted by molar-refractivity contribution is 6.32. The summed E-state index contributed by atoms with van der Waals surface area (Å²) < 4.78 is 90.1. The summed E-state index contributed by atoms with van der Waals surface area (Å²) in [6, 6.07) is 0.681. The van der Waals surface area contributed by atoms with Crippen molar-refractivity contribution in [2.45, 2.75) is 56.3 Å². The molecule has 2 aliphatic rings. The van der Waals surface area contributed by atoms with Gasteiger partial charge in [-0.2, -0.15) is 36.4 Å². The summed E-state index contributed by atoms with van der Waals surface area (Å²) in [6.45, 7) is 1.16. The number of rotatable bonds is 9. The van der Waals surface area contributed by atoms with Crippen LogP contribution in [0.25, 0.3) is 11.1 Å². The lowest BCUT2D eigenvalue weighted by Gasteiger charge is -2.32. The van der Waals surface area contributed by atoms with Crippen LogP contribution in [0.2, 0.25) is 5.02 Å². The minimum atomic E-state index is -5.01. The second kappa shape index (κ2) is 14.2. The molecular formula is C32H34ClF6N9O2. The first-order valence-corrected chi connectivity index (χ1v) is 16.1. The van der Waals surface area contributed by atoms with Crippen LogP contribution >= 0.6 is 11.6 Å². The van der Waals surface area contributed by atoms with Gasteiger partial charge in [0.25, 0.3) is 0 Å². The third kappa shape index (κ3) is 7.89. The van der Waals surface area contributed by atoms with Crippen molar-refractivity contribution in [2.24, 2.45) is 7.05 Å². The van der Waals surface area contributed by atoms with Crippen molar-refractivity contribution in [3.8, 4) is 11.1 Å². The van der Waals surface area contributed by atoms with Crippen molar-refractivity contribution >= 4 is 29.3 Å². The summed E-state index contributed by atoms with van der Waals surface area (Å²) >= 11 is 6.65. The molecule has 0 unspecified atom stereocenters. The number of aliphatic hydroxyl groups is 1. The number of aromatic nitrogens is 6. The molecule has 0 aliphatic carbocycles. The van der Waals surface area contributed by atoms with Crippen molar-refractivity contribution in [2.75, 3.05) is 48.1 Å². The molecule has 5 heterocycles. The first-order valence-electron chi connectivity index (χ1n) is 15.8. The molecule has 2 atom stereocenters. The fourth-order valence-electron chi connectivity index (χ4n) is 6.36. The summed E-state index contributed by atoms with van der Waals surface area (Å²) in [4.78, 5) is 23.7. The first-order chi connectivity index (χ1) is 23.7. The van der Waals surface area contributed by atoms with Gasteiger partial charge in [-0.15, -0.1) is 0 Å². The Morgan fingerprint density at radius 3 is 2.18 bits per heavy atom. The lowest BCUT2D eigenvalue weighted by molar-refractivity contribution is -0.143. The number of aryl methyl sites for hydroxylation is 1. The van der Waals surface area contributed by atoms with E-state index in [0.717, 1.165) is 5.56 Å². The minimum absolute atomic E-state index is 0.105. The zero-order chi connectivity index (χ0) is 35.8. The van der Waals surface area contributed by atoms with Gasteiger partial charge in [0.05, 0.1) is 48.3 Å². The highest BCUT2D eigenvalue weighted by Gasteiger charge is 2.40. The Hall–Kier alpha value is -4.22. The number of benzene rings is 1. The van der Waals surface area contributed by atoms with E-state index in [4.69, 9.17) is 21.3 Å². The number of alkyl halides is 6. The van der Waals surface area contributed by atoms with Crippen LogP contribution in [0.1, 0.15) is 36.0 Å². The van der Waals surface area contributed by atoms with Gasteiger partial charge in [-0.1, -0.05) is 11.6 Å². The monoisotopic (exact) mass is 725 g/mol. The Morgan fingerprint density at radius 2 is 1.60 bits per heavy atom. The molecule has 1 N–H and O–H groups in total. The smallest absolute Gasteiger partial charge is 0.393 e. The second-order valence-corrected chi connectivity index (χ2v) is 12.8. The molecule has 18 heteroatoms. The second-order valence-electron chi connectivity index (χ2n) is 12.4. The summed E-state index contributed by atoms with van der Waals surface area (Å²) in [5, 5.41) is 14.4. The number of halogens is 7. The number of nitrogens with zero attached hydrogens (tertiary/aromatic N) is 9. The molecule has 0 bridgehead atoms. The maximum absolute atomic E-state index is 13.8. The van der Waals surface area contributed by atoms with Crippen molar-refractivity contribution in [1.82, 2.24) is 29.7 Å². The zero-order valence-electron chi connectivity index (χ0n) is 27.0. The van der Waals surface area contributed by atoms with Gasteiger partial charge < -0.3 is 24.5 Å². The minimum Gasteiger partial charge on any atom is -0.393 e. The van der Waals surface area contributed by atoms with Crippen LogP contribution in [-0.4, -0.2) is 86.4 Å². The van der Waals surface area contributed by atoms with Gasteiger partial charge in [0.2, 0.25) is 11.9 Å². The van der Waals surface area contributed by atoms with Gasteiger partial charge in [0.1, 0.15) is 5.02 Å². The van der Waals surface area contributed by atoms with Gasteiger partial charge in [0.15, 0.2) is 5.82 Å². The first kappa shape index (κ1) is 35.6. The largest absolute Gasteiger partial charge is 0.416 e. The highest BCUT2D eigenvalue weighted by Crippen LogP contribution is 2.39. The molecule has 1 aromatic carbocycles. The summed E-state index contributed by atoms with van der Waals surface area (Å²) in [5.74, 6) is 0.928. The van der Waals surface area contributed by atoms with Crippen molar-refractivity contribution in [3.05, 3.63) is 70.9 Å². The Morgan fingerprint density at radius 1 is 0.940 bits per heavy atom. The molecule has 2 saturated heterocycles. The van der Waals surface area contributed by atoms with E-state index in [1.54, 1.807) is 29.0 Å². The SMILES string of the molecule is COC[C@@H]1C[C@H](N(Cc2cc(C(F)(F)F)cc(C(F)(F)F)c2)c2ncc(-c3cnn(C)c3)cn2)CN1c1nc(N2CCC(O)CC2)ncc1Cl. The van der Waals surface area contributed by atoms with Crippen LogP contribution in [0.3, 0.4) is 0 Å². The van der Waals surface area contributed by atoms with Crippen molar-refractivity contribution in [3.63, 3.8) is 0 Å². The van der Waals surface area contributed by atoms with E-state index >= 15 is 0 Å². The molecule has 6 rings (SSSR count). The molecule has 0 spiro atoms. The standard InChI is InChI=1S/C32H34ClF6N9O2/c1-45-16-21(13-43-45)20-11-40-29(41-12-20)48(15-19-7-22(31(34,35)36)9-23(8-19)32(37,38)39)24-10-25(18-50-2)47(17-24)28-27(33)14-42-30(44-28)46-5-3-26(49)4-6-46/h7-9,11-14,16,24-26,49H,3-6,10,15,17-18H2,1-2H3/t24-,25-/m0/s1. The fourth-order valence-corrected chi connectivity index (χ4v) is 6.56. The molecule has 2 aliphatic heterocycles. The molecule has 2 fully saturated rings. The Labute approximate surface area is 288 Å². The average Bonchev–Trinajstić information content (AvgIpc) is 3.70. The van der Waals surface area contributed by atoms with E-state index in [0.29, 0.717) is 61.8 Å². The van der Waals surface area contributed by atoms with Crippen LogP contribution in [0.4, 0.5) is 44.1 Å². The maximum Gasteiger partial charge on any atom is 0.416 e. The third-order valence-electron chi connectivity index (χ3n) is 8.86. The predicted octanol–water partition coefficient (Wildman–Crippen LogP) is 5.62. The summed E-state index contributed by atoms with van der Waals surface area (Å²) in [7, 11) is 3.27. The number of hydrogen-bond acceptors (Lipinski definition) is 10. The number of ether oxygens (including phenoxy) is 1. The van der Waals surface area contributed by atoms with Crippen LogP contribution in [0.15, 0.2) is 49.2 Å². The van der Waals surface area contributed by atoms with E-state index in [2.05, 4.69) is 20.1 Å². The summed E-state index contributed by atoms with van der Waals surface area (Å²) in [5.41, 5.74) is -1.70. The van der Waals surface area contributed by atoms with Gasteiger partial charge in [0, 0.05) is 70.1 Å². The quantitative estimate of drug-likeness (QED) is 0.219. The van der Waals surface area contributed by atoms with E-state index < -0.39 is 35.6 Å². The van der Waals surface area contributed by atoms with Crippen LogP contribution < -0.4 is 14.7 Å². The molecule has 3 aromatic heterocycles. The molecule has 0 radical (unpaired) electrons. The van der Waals surface area contributed by atoms with Crippen LogP contribution in [0.5, 0.6) is 0 Å². The predicted molar refractivity (Wildman–Crippen MR) is 173 cm³/mol. The molecule has 0 amide bonds.